The Labute approximate surface area is 126 Å². The van der Waals surface area contributed by atoms with E-state index >= 15 is 0 Å². The Morgan fingerprint density at radius 2 is 2.00 bits per heavy atom. The molecule has 0 aliphatic carbocycles. The van der Waals surface area contributed by atoms with Gasteiger partial charge in [0.15, 0.2) is 11.6 Å². The zero-order valence-electron chi connectivity index (χ0n) is 11.5. The van der Waals surface area contributed by atoms with Crippen molar-refractivity contribution in [3.05, 3.63) is 57.8 Å². The van der Waals surface area contributed by atoms with E-state index in [0.29, 0.717) is 21.7 Å². The fraction of sp³-hybridized carbons (Fsp3) is 0.250. The quantitative estimate of drug-likeness (QED) is 0.855. The molecule has 2 rings (SSSR count). The summed E-state index contributed by atoms with van der Waals surface area (Å²) in [6, 6.07) is 11.0. The highest BCUT2D eigenvalue weighted by Crippen LogP contribution is 2.32. The third-order valence-electron chi connectivity index (χ3n) is 3.10. The average Bonchev–Trinajstić information content (AvgIpc) is 2.44. The Morgan fingerprint density at radius 1 is 1.25 bits per heavy atom. The van der Waals surface area contributed by atoms with E-state index in [2.05, 4.69) is 29.8 Å². The van der Waals surface area contributed by atoms with Crippen LogP contribution < -0.4 is 10.5 Å². The molecular formula is C16H17BrFNO. The molecule has 2 aromatic carbocycles. The summed E-state index contributed by atoms with van der Waals surface area (Å²) < 4.78 is 20.2. The largest absolute Gasteiger partial charge is 0.454 e. The van der Waals surface area contributed by atoms with Gasteiger partial charge in [0.1, 0.15) is 5.75 Å². The number of rotatable bonds is 4. The molecule has 0 aliphatic heterocycles. The van der Waals surface area contributed by atoms with Gasteiger partial charge in [0, 0.05) is 6.54 Å². The molecule has 0 spiro atoms. The molecule has 0 saturated heterocycles. The monoisotopic (exact) mass is 337 g/mol. The molecule has 4 heteroatoms. The van der Waals surface area contributed by atoms with Crippen LogP contribution in [-0.2, 0) is 6.54 Å². The minimum atomic E-state index is -0.428. The molecule has 0 heterocycles. The molecule has 0 amide bonds. The van der Waals surface area contributed by atoms with E-state index in [0.717, 1.165) is 5.56 Å². The number of nitrogens with two attached hydrogens (primary N) is 1. The molecule has 20 heavy (non-hydrogen) atoms. The van der Waals surface area contributed by atoms with Gasteiger partial charge in [-0.25, -0.2) is 4.39 Å². The maximum atomic E-state index is 14.2. The van der Waals surface area contributed by atoms with Crippen LogP contribution in [0.15, 0.2) is 40.9 Å². The Morgan fingerprint density at radius 3 is 2.65 bits per heavy atom. The van der Waals surface area contributed by atoms with Crippen LogP contribution in [0.4, 0.5) is 4.39 Å². The van der Waals surface area contributed by atoms with Crippen molar-refractivity contribution in [3.8, 4) is 11.5 Å². The molecule has 0 saturated carbocycles. The van der Waals surface area contributed by atoms with E-state index < -0.39 is 5.82 Å². The van der Waals surface area contributed by atoms with Gasteiger partial charge in [-0.2, -0.15) is 0 Å². The van der Waals surface area contributed by atoms with Crippen molar-refractivity contribution in [2.75, 3.05) is 0 Å². The van der Waals surface area contributed by atoms with E-state index in [4.69, 9.17) is 10.5 Å². The third-order valence-corrected chi connectivity index (χ3v) is 3.96. The SMILES string of the molecule is CC(C)c1cccc(Oc2ccc(CN)c(Br)c2F)c1. The number of hydrogen-bond acceptors (Lipinski definition) is 2. The molecule has 0 aromatic heterocycles. The van der Waals surface area contributed by atoms with Crippen molar-refractivity contribution in [2.45, 2.75) is 26.3 Å². The summed E-state index contributed by atoms with van der Waals surface area (Å²) in [6.07, 6.45) is 0. The lowest BCUT2D eigenvalue weighted by molar-refractivity contribution is 0.439. The smallest absolute Gasteiger partial charge is 0.180 e. The van der Waals surface area contributed by atoms with Crippen LogP contribution in [-0.4, -0.2) is 0 Å². The maximum Gasteiger partial charge on any atom is 0.180 e. The molecule has 2 nitrogen and oxygen atoms in total. The minimum absolute atomic E-state index is 0.190. The summed E-state index contributed by atoms with van der Waals surface area (Å²) in [5, 5.41) is 0. The van der Waals surface area contributed by atoms with Crippen molar-refractivity contribution in [2.24, 2.45) is 5.73 Å². The first kappa shape index (κ1) is 15.0. The number of hydrogen-bond donors (Lipinski definition) is 1. The van der Waals surface area contributed by atoms with Crippen LogP contribution in [0.25, 0.3) is 0 Å². The van der Waals surface area contributed by atoms with Crippen molar-refractivity contribution in [3.63, 3.8) is 0 Å². The second-order valence-electron chi connectivity index (χ2n) is 4.88. The first-order valence-corrected chi connectivity index (χ1v) is 7.27. The standard InChI is InChI=1S/C16H17BrFNO/c1-10(2)11-4-3-5-13(8-11)20-14-7-6-12(9-19)15(17)16(14)18/h3-8,10H,9,19H2,1-2H3. The van der Waals surface area contributed by atoms with E-state index in [1.54, 1.807) is 12.1 Å². The van der Waals surface area contributed by atoms with Gasteiger partial charge in [-0.3, -0.25) is 0 Å². The van der Waals surface area contributed by atoms with E-state index in [9.17, 15) is 4.39 Å². The Balaban J connectivity index is 2.31. The second kappa shape index (κ2) is 6.37. The fourth-order valence-electron chi connectivity index (χ4n) is 1.87. The predicted octanol–water partition coefficient (Wildman–Crippen LogP) is 4.96. The fourth-order valence-corrected chi connectivity index (χ4v) is 2.36. The van der Waals surface area contributed by atoms with E-state index in [1.165, 1.54) is 0 Å². The number of ether oxygens (including phenoxy) is 1. The Bertz CT molecular complexity index is 613. The lowest BCUT2D eigenvalue weighted by atomic mass is 10.0. The van der Waals surface area contributed by atoms with Gasteiger partial charge in [-0.05, 0) is 51.2 Å². The molecule has 106 valence electrons. The van der Waals surface area contributed by atoms with Gasteiger partial charge >= 0.3 is 0 Å². The van der Waals surface area contributed by atoms with Crippen LogP contribution in [0.5, 0.6) is 11.5 Å². The maximum absolute atomic E-state index is 14.2. The molecule has 0 bridgehead atoms. The van der Waals surface area contributed by atoms with E-state index in [-0.39, 0.29) is 12.3 Å². The van der Waals surface area contributed by atoms with Crippen molar-refractivity contribution in [1.82, 2.24) is 0 Å². The van der Waals surface area contributed by atoms with Crippen molar-refractivity contribution >= 4 is 15.9 Å². The first-order chi connectivity index (χ1) is 9.52. The van der Waals surface area contributed by atoms with Gasteiger partial charge in [0.2, 0.25) is 0 Å². The summed E-state index contributed by atoms with van der Waals surface area (Å²) in [5.41, 5.74) is 7.40. The lowest BCUT2D eigenvalue weighted by Gasteiger charge is -2.12. The second-order valence-corrected chi connectivity index (χ2v) is 5.68. The molecule has 0 radical (unpaired) electrons. The zero-order valence-corrected chi connectivity index (χ0v) is 13.1. The van der Waals surface area contributed by atoms with Gasteiger partial charge in [0.25, 0.3) is 0 Å². The summed E-state index contributed by atoms with van der Waals surface area (Å²) in [6.45, 7) is 4.49. The van der Waals surface area contributed by atoms with Gasteiger partial charge < -0.3 is 10.5 Å². The number of halogens is 2. The third kappa shape index (κ3) is 3.19. The van der Waals surface area contributed by atoms with Gasteiger partial charge in [-0.1, -0.05) is 32.0 Å². The average molecular weight is 338 g/mol. The van der Waals surface area contributed by atoms with Gasteiger partial charge in [0.05, 0.1) is 4.47 Å². The Hall–Kier alpha value is -1.39. The molecule has 0 unspecified atom stereocenters. The lowest BCUT2D eigenvalue weighted by Crippen LogP contribution is -2.00. The molecule has 2 aromatic rings. The molecule has 0 aliphatic rings. The first-order valence-electron chi connectivity index (χ1n) is 6.47. The van der Waals surface area contributed by atoms with Crippen molar-refractivity contribution < 1.29 is 9.13 Å². The molecular weight excluding hydrogens is 321 g/mol. The van der Waals surface area contributed by atoms with Crippen LogP contribution in [0.1, 0.15) is 30.9 Å². The highest BCUT2D eigenvalue weighted by Gasteiger charge is 2.12. The van der Waals surface area contributed by atoms with Crippen LogP contribution in [0.2, 0.25) is 0 Å². The van der Waals surface area contributed by atoms with E-state index in [1.807, 2.05) is 24.3 Å². The molecule has 2 N–H and O–H groups in total. The topological polar surface area (TPSA) is 35.2 Å². The summed E-state index contributed by atoms with van der Waals surface area (Å²) in [5.74, 6) is 0.787. The summed E-state index contributed by atoms with van der Waals surface area (Å²) >= 11 is 3.21. The van der Waals surface area contributed by atoms with Crippen molar-refractivity contribution in [1.29, 1.82) is 0 Å². The summed E-state index contributed by atoms with van der Waals surface area (Å²) in [4.78, 5) is 0. The van der Waals surface area contributed by atoms with Crippen LogP contribution in [0, 0.1) is 5.82 Å². The minimum Gasteiger partial charge on any atom is -0.454 e. The normalized spacial score (nSPS) is 10.9. The molecule has 0 fully saturated rings. The Kier molecular flexibility index (Phi) is 4.78. The molecule has 0 atom stereocenters. The zero-order chi connectivity index (χ0) is 14.7. The highest BCUT2D eigenvalue weighted by atomic mass is 79.9. The highest BCUT2D eigenvalue weighted by molar-refractivity contribution is 9.10. The van der Waals surface area contributed by atoms with Gasteiger partial charge in [-0.15, -0.1) is 0 Å². The predicted molar refractivity (Wildman–Crippen MR) is 82.6 cm³/mol. The summed E-state index contributed by atoms with van der Waals surface area (Å²) in [7, 11) is 0. The number of benzene rings is 2. The van der Waals surface area contributed by atoms with Crippen LogP contribution >= 0.6 is 15.9 Å². The van der Waals surface area contributed by atoms with Crippen LogP contribution in [0.3, 0.4) is 0 Å².